The van der Waals surface area contributed by atoms with Crippen molar-refractivity contribution in [2.75, 3.05) is 5.32 Å². The van der Waals surface area contributed by atoms with Crippen molar-refractivity contribution in [3.05, 3.63) is 51.6 Å². The molecule has 1 N–H and O–H groups in total. The summed E-state index contributed by atoms with van der Waals surface area (Å²) in [6.45, 7) is 0.440. The standard InChI is InChI=1S/C11H8BrClFN3/c12-8-3-9(14)11(17-6-8)16-5-7-1-2-10(13)15-4-7/h1-4,6H,5H2,(H,16,17). The van der Waals surface area contributed by atoms with E-state index in [1.54, 1.807) is 12.3 Å². The van der Waals surface area contributed by atoms with E-state index in [1.807, 2.05) is 6.07 Å². The highest BCUT2D eigenvalue weighted by molar-refractivity contribution is 9.10. The quantitative estimate of drug-likeness (QED) is 0.879. The van der Waals surface area contributed by atoms with E-state index in [1.165, 1.54) is 12.3 Å². The minimum absolute atomic E-state index is 0.211. The molecule has 0 atom stereocenters. The van der Waals surface area contributed by atoms with Crippen LogP contribution in [0.25, 0.3) is 0 Å². The van der Waals surface area contributed by atoms with Crippen LogP contribution in [0.3, 0.4) is 0 Å². The van der Waals surface area contributed by atoms with Crippen LogP contribution in [0.2, 0.25) is 5.15 Å². The molecule has 0 aliphatic heterocycles. The van der Waals surface area contributed by atoms with E-state index < -0.39 is 5.82 Å². The van der Waals surface area contributed by atoms with Crippen LogP contribution in [-0.2, 0) is 6.54 Å². The van der Waals surface area contributed by atoms with E-state index in [4.69, 9.17) is 11.6 Å². The molecular weight excluding hydrogens is 308 g/mol. The molecule has 2 rings (SSSR count). The molecule has 6 heteroatoms. The Balaban J connectivity index is 2.04. The SMILES string of the molecule is Fc1cc(Br)cnc1NCc1ccc(Cl)nc1. The van der Waals surface area contributed by atoms with Gasteiger partial charge in [-0.3, -0.25) is 0 Å². The highest BCUT2D eigenvalue weighted by Crippen LogP contribution is 2.16. The van der Waals surface area contributed by atoms with Gasteiger partial charge in [0.2, 0.25) is 0 Å². The molecule has 0 amide bonds. The van der Waals surface area contributed by atoms with Crippen molar-refractivity contribution in [3.8, 4) is 0 Å². The number of hydrogen-bond donors (Lipinski definition) is 1. The molecule has 0 bridgehead atoms. The third kappa shape index (κ3) is 3.38. The Kier molecular flexibility index (Phi) is 3.91. The van der Waals surface area contributed by atoms with Gasteiger partial charge in [-0.05, 0) is 33.6 Å². The summed E-state index contributed by atoms with van der Waals surface area (Å²) in [6.07, 6.45) is 3.16. The third-order valence-electron chi connectivity index (χ3n) is 2.06. The van der Waals surface area contributed by atoms with E-state index in [2.05, 4.69) is 31.2 Å². The average Bonchev–Trinajstić information content (AvgIpc) is 2.30. The number of anilines is 1. The number of aromatic nitrogens is 2. The molecule has 0 saturated carbocycles. The number of rotatable bonds is 3. The van der Waals surface area contributed by atoms with E-state index in [0.717, 1.165) is 5.56 Å². The molecule has 0 spiro atoms. The fraction of sp³-hybridized carbons (Fsp3) is 0.0909. The second-order valence-electron chi connectivity index (χ2n) is 3.33. The van der Waals surface area contributed by atoms with Crippen molar-refractivity contribution in [2.24, 2.45) is 0 Å². The van der Waals surface area contributed by atoms with Crippen LogP contribution in [-0.4, -0.2) is 9.97 Å². The van der Waals surface area contributed by atoms with Crippen LogP contribution in [0.1, 0.15) is 5.56 Å². The second kappa shape index (κ2) is 5.42. The minimum atomic E-state index is -0.402. The number of hydrogen-bond acceptors (Lipinski definition) is 3. The van der Waals surface area contributed by atoms with Crippen LogP contribution in [0.15, 0.2) is 35.1 Å². The van der Waals surface area contributed by atoms with Crippen molar-refractivity contribution in [2.45, 2.75) is 6.54 Å². The Morgan fingerprint density at radius 3 is 2.76 bits per heavy atom. The molecule has 0 radical (unpaired) electrons. The fourth-order valence-electron chi connectivity index (χ4n) is 1.24. The summed E-state index contributed by atoms with van der Waals surface area (Å²) in [5.41, 5.74) is 0.901. The summed E-state index contributed by atoms with van der Waals surface area (Å²) in [7, 11) is 0. The Hall–Kier alpha value is -1.20. The van der Waals surface area contributed by atoms with E-state index in [-0.39, 0.29) is 5.82 Å². The van der Waals surface area contributed by atoms with E-state index >= 15 is 0 Å². The molecule has 0 saturated heterocycles. The summed E-state index contributed by atoms with van der Waals surface area (Å²) in [5, 5.41) is 3.32. The maximum Gasteiger partial charge on any atom is 0.166 e. The summed E-state index contributed by atoms with van der Waals surface area (Å²) in [6, 6.07) is 4.86. The predicted octanol–water partition coefficient (Wildman–Crippen LogP) is 3.64. The van der Waals surface area contributed by atoms with Crippen LogP contribution >= 0.6 is 27.5 Å². The number of pyridine rings is 2. The fourth-order valence-corrected chi connectivity index (χ4v) is 1.66. The van der Waals surface area contributed by atoms with Gasteiger partial charge in [0.1, 0.15) is 5.15 Å². The van der Waals surface area contributed by atoms with Crippen molar-refractivity contribution in [3.63, 3.8) is 0 Å². The second-order valence-corrected chi connectivity index (χ2v) is 4.63. The molecule has 0 aliphatic carbocycles. The average molecular weight is 317 g/mol. The van der Waals surface area contributed by atoms with Gasteiger partial charge in [-0.2, -0.15) is 0 Å². The summed E-state index contributed by atoms with van der Waals surface area (Å²) >= 11 is 8.81. The monoisotopic (exact) mass is 315 g/mol. The highest BCUT2D eigenvalue weighted by atomic mass is 79.9. The molecule has 0 unspecified atom stereocenters. The molecule has 17 heavy (non-hydrogen) atoms. The van der Waals surface area contributed by atoms with Crippen LogP contribution in [0.5, 0.6) is 0 Å². The molecule has 0 fully saturated rings. The van der Waals surface area contributed by atoms with Crippen molar-refractivity contribution in [1.29, 1.82) is 0 Å². The first kappa shape index (κ1) is 12.3. The molecule has 3 nitrogen and oxygen atoms in total. The minimum Gasteiger partial charge on any atom is -0.364 e. The molecule has 2 heterocycles. The summed E-state index contributed by atoms with van der Waals surface area (Å²) in [5.74, 6) is -0.190. The maximum atomic E-state index is 13.4. The lowest BCUT2D eigenvalue weighted by Crippen LogP contribution is -2.03. The Morgan fingerprint density at radius 1 is 1.29 bits per heavy atom. The van der Waals surface area contributed by atoms with Gasteiger partial charge < -0.3 is 5.32 Å². The summed E-state index contributed by atoms with van der Waals surface area (Å²) in [4.78, 5) is 7.86. The first-order valence-corrected chi connectivity index (χ1v) is 5.97. The van der Waals surface area contributed by atoms with Gasteiger partial charge in [0.15, 0.2) is 11.6 Å². The van der Waals surface area contributed by atoms with Crippen LogP contribution in [0, 0.1) is 5.82 Å². The lowest BCUT2D eigenvalue weighted by molar-refractivity contribution is 0.623. The van der Waals surface area contributed by atoms with Gasteiger partial charge >= 0.3 is 0 Å². The van der Waals surface area contributed by atoms with Crippen LogP contribution in [0.4, 0.5) is 10.2 Å². The van der Waals surface area contributed by atoms with Gasteiger partial charge in [-0.1, -0.05) is 17.7 Å². The zero-order valence-corrected chi connectivity index (χ0v) is 11.0. The molecule has 88 valence electrons. The smallest absolute Gasteiger partial charge is 0.166 e. The first-order chi connectivity index (χ1) is 8.15. The van der Waals surface area contributed by atoms with Crippen LogP contribution < -0.4 is 5.32 Å². The van der Waals surface area contributed by atoms with Crippen molar-refractivity contribution in [1.82, 2.24) is 9.97 Å². The van der Waals surface area contributed by atoms with Gasteiger partial charge in [0.05, 0.1) is 0 Å². The topological polar surface area (TPSA) is 37.8 Å². The van der Waals surface area contributed by atoms with Crippen molar-refractivity contribution >= 4 is 33.3 Å². The third-order valence-corrected chi connectivity index (χ3v) is 2.71. The maximum absolute atomic E-state index is 13.4. The number of halogens is 3. The van der Waals surface area contributed by atoms with Gasteiger partial charge in [0.25, 0.3) is 0 Å². The van der Waals surface area contributed by atoms with Crippen molar-refractivity contribution < 1.29 is 4.39 Å². The zero-order chi connectivity index (χ0) is 12.3. The number of nitrogens with zero attached hydrogens (tertiary/aromatic N) is 2. The molecule has 2 aromatic heterocycles. The molecular formula is C11H8BrClFN3. The Morgan fingerprint density at radius 2 is 2.12 bits per heavy atom. The predicted molar refractivity (Wildman–Crippen MR) is 68.5 cm³/mol. The number of nitrogens with one attached hydrogen (secondary N) is 1. The Labute approximate surface area is 111 Å². The van der Waals surface area contributed by atoms with Gasteiger partial charge in [-0.25, -0.2) is 14.4 Å². The molecule has 2 aromatic rings. The largest absolute Gasteiger partial charge is 0.364 e. The van der Waals surface area contributed by atoms with Gasteiger partial charge in [0, 0.05) is 23.4 Å². The highest BCUT2D eigenvalue weighted by Gasteiger charge is 2.03. The molecule has 0 aromatic carbocycles. The lowest BCUT2D eigenvalue weighted by Gasteiger charge is -2.06. The summed E-state index contributed by atoms with van der Waals surface area (Å²) < 4.78 is 14.0. The lowest BCUT2D eigenvalue weighted by atomic mass is 10.3. The zero-order valence-electron chi connectivity index (χ0n) is 8.62. The first-order valence-electron chi connectivity index (χ1n) is 4.80. The normalized spacial score (nSPS) is 10.3. The Bertz CT molecular complexity index is 519. The van der Waals surface area contributed by atoms with E-state index in [9.17, 15) is 4.39 Å². The van der Waals surface area contributed by atoms with E-state index in [0.29, 0.717) is 16.2 Å². The van der Waals surface area contributed by atoms with Gasteiger partial charge in [-0.15, -0.1) is 0 Å². The molecule has 0 aliphatic rings.